The third kappa shape index (κ3) is 4.37. The fourth-order valence-electron chi connectivity index (χ4n) is 4.35. The van der Waals surface area contributed by atoms with Crippen molar-refractivity contribution in [3.63, 3.8) is 0 Å². The summed E-state index contributed by atoms with van der Waals surface area (Å²) in [5.41, 5.74) is 4.39. The van der Waals surface area contributed by atoms with Gasteiger partial charge >= 0.3 is 0 Å². The molecule has 0 N–H and O–H groups in total. The van der Waals surface area contributed by atoms with Gasteiger partial charge in [-0.2, -0.15) is 0 Å². The predicted molar refractivity (Wildman–Crippen MR) is 123 cm³/mol. The van der Waals surface area contributed by atoms with Gasteiger partial charge in [0.05, 0.1) is 14.2 Å². The molecule has 1 unspecified atom stereocenters. The number of rotatable bonds is 6. The van der Waals surface area contributed by atoms with Crippen LogP contribution < -0.4 is 14.4 Å². The summed E-state index contributed by atoms with van der Waals surface area (Å²) in [5.74, 6) is 1.97. The maximum Gasteiger partial charge on any atom is 0.144 e. The van der Waals surface area contributed by atoms with Gasteiger partial charge in [0, 0.05) is 40.6 Å². The van der Waals surface area contributed by atoms with E-state index in [0.717, 1.165) is 30.7 Å². The Balaban J connectivity index is 2.06. The zero-order valence-corrected chi connectivity index (χ0v) is 19.0. The number of nitrogens with zero attached hydrogens (tertiary/aromatic N) is 2. The summed E-state index contributed by atoms with van der Waals surface area (Å²) >= 11 is 6.14. The van der Waals surface area contributed by atoms with Crippen molar-refractivity contribution >= 4 is 29.2 Å². The summed E-state index contributed by atoms with van der Waals surface area (Å²) in [7, 11) is 3.34. The molecule has 0 saturated heterocycles. The van der Waals surface area contributed by atoms with E-state index in [4.69, 9.17) is 21.1 Å². The van der Waals surface area contributed by atoms with E-state index >= 15 is 0 Å². The van der Waals surface area contributed by atoms with E-state index in [1.165, 1.54) is 11.3 Å². The number of benzene rings is 2. The number of hydrogen-bond acceptors (Lipinski definition) is 4. The van der Waals surface area contributed by atoms with Crippen molar-refractivity contribution in [1.82, 2.24) is 0 Å². The first-order chi connectivity index (χ1) is 13.8. The highest BCUT2D eigenvalue weighted by molar-refractivity contribution is 6.30. The molecule has 0 spiro atoms. The molecule has 0 aromatic heterocycles. The average molecular weight is 415 g/mol. The minimum atomic E-state index is 0.122. The number of aliphatic imine (C=N–C) groups is 1. The van der Waals surface area contributed by atoms with Crippen LogP contribution in [0.3, 0.4) is 0 Å². The van der Waals surface area contributed by atoms with Crippen LogP contribution in [0.1, 0.15) is 57.6 Å². The van der Waals surface area contributed by atoms with E-state index in [0.29, 0.717) is 22.4 Å². The molecule has 1 atom stereocenters. The second-order valence-corrected chi connectivity index (χ2v) is 8.73. The van der Waals surface area contributed by atoms with Crippen molar-refractivity contribution in [2.24, 2.45) is 4.99 Å². The second kappa shape index (κ2) is 8.66. The van der Waals surface area contributed by atoms with E-state index in [9.17, 15) is 0 Å². The van der Waals surface area contributed by atoms with Gasteiger partial charge in [0.1, 0.15) is 17.2 Å². The number of halogens is 1. The van der Waals surface area contributed by atoms with Crippen LogP contribution in [-0.4, -0.2) is 32.5 Å². The van der Waals surface area contributed by atoms with Crippen LogP contribution >= 0.6 is 11.6 Å². The largest absolute Gasteiger partial charge is 0.496 e. The van der Waals surface area contributed by atoms with Crippen LogP contribution in [0, 0.1) is 0 Å². The number of methoxy groups -OCH3 is 2. The van der Waals surface area contributed by atoms with Gasteiger partial charge in [-0.3, -0.25) is 4.99 Å². The first-order valence-electron chi connectivity index (χ1n) is 10.2. The average Bonchev–Trinajstić information content (AvgIpc) is 2.68. The van der Waals surface area contributed by atoms with Gasteiger partial charge in [0.25, 0.3) is 0 Å². The zero-order valence-electron chi connectivity index (χ0n) is 18.3. The topological polar surface area (TPSA) is 34.1 Å². The molecule has 3 rings (SSSR count). The van der Waals surface area contributed by atoms with Crippen molar-refractivity contribution in [3.8, 4) is 11.5 Å². The normalized spacial score (nSPS) is 18.0. The van der Waals surface area contributed by atoms with Gasteiger partial charge in [-0.1, -0.05) is 25.4 Å². The summed E-state index contributed by atoms with van der Waals surface area (Å²) in [6.07, 6.45) is 4.06. The van der Waals surface area contributed by atoms with Crippen LogP contribution in [0.2, 0.25) is 5.02 Å². The Morgan fingerprint density at radius 1 is 1.17 bits per heavy atom. The third-order valence-electron chi connectivity index (χ3n) is 5.67. The van der Waals surface area contributed by atoms with Gasteiger partial charge in [0.15, 0.2) is 0 Å². The fourth-order valence-corrected chi connectivity index (χ4v) is 4.52. The Morgan fingerprint density at radius 2 is 1.90 bits per heavy atom. The van der Waals surface area contributed by atoms with Crippen molar-refractivity contribution in [2.45, 2.75) is 52.0 Å². The van der Waals surface area contributed by atoms with Gasteiger partial charge in [-0.15, -0.1) is 0 Å². The molecule has 2 aromatic rings. The lowest BCUT2D eigenvalue weighted by molar-refractivity contribution is 0.372. The zero-order chi connectivity index (χ0) is 21.2. The van der Waals surface area contributed by atoms with Gasteiger partial charge in [-0.25, -0.2) is 0 Å². The second-order valence-electron chi connectivity index (χ2n) is 8.30. The lowest BCUT2D eigenvalue weighted by atomic mass is 9.79. The predicted octanol–water partition coefficient (Wildman–Crippen LogP) is 6.61. The van der Waals surface area contributed by atoms with Gasteiger partial charge in [-0.05, 0) is 62.4 Å². The van der Waals surface area contributed by atoms with Crippen molar-refractivity contribution in [1.29, 1.82) is 0 Å². The summed E-state index contributed by atoms with van der Waals surface area (Å²) in [4.78, 5) is 7.17. The quantitative estimate of drug-likeness (QED) is 0.498. The van der Waals surface area contributed by atoms with Crippen molar-refractivity contribution in [3.05, 3.63) is 46.5 Å². The number of fused-ring (bicyclic) bond motifs is 1. The highest BCUT2D eigenvalue weighted by atomic mass is 35.5. The molecule has 1 aliphatic heterocycles. The van der Waals surface area contributed by atoms with Crippen molar-refractivity contribution < 1.29 is 9.47 Å². The van der Waals surface area contributed by atoms with Crippen LogP contribution in [-0.2, 0) is 0 Å². The number of hydrogen-bond donors (Lipinski definition) is 0. The molecule has 0 bridgehead atoms. The molecule has 0 aliphatic carbocycles. The summed E-state index contributed by atoms with van der Waals surface area (Å²) in [5, 5.41) is 0.626. The highest BCUT2D eigenvalue weighted by Gasteiger charge is 2.36. The third-order valence-corrected chi connectivity index (χ3v) is 5.90. The van der Waals surface area contributed by atoms with E-state index < -0.39 is 0 Å². The summed E-state index contributed by atoms with van der Waals surface area (Å²) in [6.45, 7) is 10.2. The van der Waals surface area contributed by atoms with E-state index in [-0.39, 0.29) is 5.54 Å². The molecule has 2 aromatic carbocycles. The highest BCUT2D eigenvalue weighted by Crippen LogP contribution is 2.45. The molecule has 1 heterocycles. The molecular weight excluding hydrogens is 384 g/mol. The SMILES string of the molecule is CCCN1c2cc(OC)c(C=Nc3cc(Cl)ccc3OC)cc2C(C)CC1(C)C. The smallest absolute Gasteiger partial charge is 0.144 e. The monoisotopic (exact) mass is 414 g/mol. The van der Waals surface area contributed by atoms with E-state index in [2.05, 4.69) is 49.7 Å². The fraction of sp³-hybridized carbons (Fsp3) is 0.458. The Hall–Kier alpha value is -2.20. The minimum absolute atomic E-state index is 0.122. The Morgan fingerprint density at radius 3 is 2.55 bits per heavy atom. The molecule has 0 saturated carbocycles. The Labute approximate surface area is 179 Å². The summed E-state index contributed by atoms with van der Waals surface area (Å²) in [6, 6.07) is 9.81. The van der Waals surface area contributed by atoms with Crippen molar-refractivity contribution in [2.75, 3.05) is 25.7 Å². The molecule has 0 radical (unpaired) electrons. The lowest BCUT2D eigenvalue weighted by Gasteiger charge is -2.47. The lowest BCUT2D eigenvalue weighted by Crippen LogP contribution is -2.48. The Bertz CT molecular complexity index is 908. The minimum Gasteiger partial charge on any atom is -0.496 e. The number of anilines is 1. The molecule has 156 valence electrons. The summed E-state index contributed by atoms with van der Waals surface area (Å²) < 4.78 is 11.1. The molecule has 1 aliphatic rings. The molecular formula is C24H31ClN2O2. The van der Waals surface area contributed by atoms with E-state index in [1.54, 1.807) is 26.4 Å². The first-order valence-corrected chi connectivity index (χ1v) is 10.6. The number of ether oxygens (including phenoxy) is 2. The maximum absolute atomic E-state index is 6.14. The first kappa shape index (κ1) is 21.5. The molecule has 4 nitrogen and oxygen atoms in total. The molecule has 29 heavy (non-hydrogen) atoms. The molecule has 0 fully saturated rings. The Kier molecular flexibility index (Phi) is 6.42. The van der Waals surface area contributed by atoms with Crippen LogP contribution in [0.5, 0.6) is 11.5 Å². The van der Waals surface area contributed by atoms with Gasteiger partial charge in [0.2, 0.25) is 0 Å². The maximum atomic E-state index is 6.14. The van der Waals surface area contributed by atoms with Crippen LogP contribution in [0.15, 0.2) is 35.3 Å². The van der Waals surface area contributed by atoms with Crippen LogP contribution in [0.25, 0.3) is 0 Å². The molecule has 0 amide bonds. The standard InChI is InChI=1S/C24H31ClN2O2/c1-7-10-27-21-13-23(29-6)17(11-19(21)16(2)14-24(27,3)4)15-26-20-12-18(25)8-9-22(20)28-5/h8-9,11-13,15-16H,7,10,14H2,1-6H3. The van der Waals surface area contributed by atoms with Crippen LogP contribution in [0.4, 0.5) is 11.4 Å². The van der Waals surface area contributed by atoms with Gasteiger partial charge < -0.3 is 14.4 Å². The van der Waals surface area contributed by atoms with E-state index in [1.807, 2.05) is 12.3 Å². The molecule has 5 heteroatoms.